The number of carbonyl (C=O) groups is 3. The molecule has 3 heterocycles. The van der Waals surface area contributed by atoms with E-state index in [0.717, 1.165) is 48.9 Å². The highest BCUT2D eigenvalue weighted by Crippen LogP contribution is 2.36. The normalized spacial score (nSPS) is 15.0. The number of benzene rings is 1. The SMILES string of the molecule is CN(C)C(=O)c1sc2ccccc2c1NC(=O)C[N+]1(CC(=O)Nc2ccon2)CCCCCC1.[Br-]. The van der Waals surface area contributed by atoms with Crippen LogP contribution >= 0.6 is 11.3 Å². The van der Waals surface area contributed by atoms with Gasteiger partial charge in [-0.05, 0) is 31.7 Å². The lowest BCUT2D eigenvalue weighted by Gasteiger charge is -2.36. The van der Waals surface area contributed by atoms with E-state index in [-0.39, 0.29) is 47.8 Å². The van der Waals surface area contributed by atoms with Gasteiger partial charge in [-0.3, -0.25) is 14.4 Å². The van der Waals surface area contributed by atoms with Gasteiger partial charge in [0.05, 0.1) is 18.8 Å². The van der Waals surface area contributed by atoms with Crippen LogP contribution in [0, 0.1) is 0 Å². The third-order valence-corrected chi connectivity index (χ3v) is 7.30. The fraction of sp³-hybridized carbons (Fsp3) is 0.417. The Labute approximate surface area is 218 Å². The number of rotatable bonds is 7. The number of hydrogen-bond acceptors (Lipinski definition) is 6. The van der Waals surface area contributed by atoms with Gasteiger partial charge >= 0.3 is 0 Å². The number of hydrogen-bond donors (Lipinski definition) is 2. The molecule has 0 spiro atoms. The number of anilines is 2. The number of halogens is 1. The van der Waals surface area contributed by atoms with E-state index >= 15 is 0 Å². The fourth-order valence-electron chi connectivity index (χ4n) is 4.50. The molecule has 0 unspecified atom stereocenters. The third kappa shape index (κ3) is 6.47. The van der Waals surface area contributed by atoms with Crippen molar-refractivity contribution in [1.82, 2.24) is 10.1 Å². The summed E-state index contributed by atoms with van der Waals surface area (Å²) in [4.78, 5) is 41.0. The molecule has 2 N–H and O–H groups in total. The maximum absolute atomic E-state index is 13.4. The number of amides is 3. The van der Waals surface area contributed by atoms with Crippen LogP contribution in [-0.2, 0) is 9.59 Å². The van der Waals surface area contributed by atoms with Crippen molar-refractivity contribution in [1.29, 1.82) is 0 Å². The number of thiophene rings is 1. The first-order valence-corrected chi connectivity index (χ1v) is 12.3. The first kappa shape index (κ1) is 26.8. The topological polar surface area (TPSA) is 105 Å². The van der Waals surface area contributed by atoms with Crippen LogP contribution in [0.1, 0.15) is 35.4 Å². The molecule has 1 aromatic carbocycles. The van der Waals surface area contributed by atoms with Crippen molar-refractivity contribution in [2.75, 3.05) is 50.9 Å². The summed E-state index contributed by atoms with van der Waals surface area (Å²) < 4.78 is 6.10. The monoisotopic (exact) mass is 563 g/mol. The van der Waals surface area contributed by atoms with E-state index in [1.165, 1.54) is 22.5 Å². The van der Waals surface area contributed by atoms with Crippen molar-refractivity contribution in [3.05, 3.63) is 41.5 Å². The fourth-order valence-corrected chi connectivity index (χ4v) is 5.68. The van der Waals surface area contributed by atoms with E-state index in [1.807, 2.05) is 24.3 Å². The van der Waals surface area contributed by atoms with E-state index in [0.29, 0.717) is 20.9 Å². The molecule has 3 amide bonds. The van der Waals surface area contributed by atoms with E-state index in [2.05, 4.69) is 15.8 Å². The van der Waals surface area contributed by atoms with Crippen LogP contribution in [-0.4, -0.2) is 72.5 Å². The zero-order valence-corrected chi connectivity index (χ0v) is 22.3. The maximum atomic E-state index is 13.4. The maximum Gasteiger partial charge on any atom is 0.280 e. The van der Waals surface area contributed by atoms with E-state index in [9.17, 15) is 14.4 Å². The summed E-state index contributed by atoms with van der Waals surface area (Å²) in [5, 5.41) is 10.4. The van der Waals surface area contributed by atoms with Gasteiger partial charge in [-0.15, -0.1) is 11.3 Å². The number of likely N-dealkylation sites (tertiary alicyclic amines) is 1. The van der Waals surface area contributed by atoms with Gasteiger partial charge in [0.15, 0.2) is 18.9 Å². The molecule has 2 aromatic heterocycles. The van der Waals surface area contributed by atoms with E-state index in [1.54, 1.807) is 20.2 Å². The second kappa shape index (κ2) is 11.8. The molecule has 0 atom stereocenters. The summed E-state index contributed by atoms with van der Waals surface area (Å²) in [7, 11) is 3.40. The molecule has 1 fully saturated rings. The third-order valence-electron chi connectivity index (χ3n) is 6.14. The molecule has 0 saturated carbocycles. The Morgan fingerprint density at radius 2 is 1.66 bits per heavy atom. The molecule has 0 aliphatic carbocycles. The number of quaternary nitrogens is 1. The van der Waals surface area contributed by atoms with Gasteiger partial charge in [-0.1, -0.05) is 23.4 Å². The van der Waals surface area contributed by atoms with Crippen LogP contribution in [0.15, 0.2) is 41.1 Å². The Morgan fingerprint density at radius 3 is 2.29 bits per heavy atom. The van der Waals surface area contributed by atoms with Crippen molar-refractivity contribution in [2.24, 2.45) is 0 Å². The van der Waals surface area contributed by atoms with Gasteiger partial charge in [-0.2, -0.15) is 0 Å². The molecular weight excluding hydrogens is 534 g/mol. The highest BCUT2D eigenvalue weighted by molar-refractivity contribution is 7.21. The molecule has 1 saturated heterocycles. The van der Waals surface area contributed by atoms with Crippen molar-refractivity contribution in [3.63, 3.8) is 0 Å². The minimum atomic E-state index is -0.201. The Balaban J connectivity index is 0.00000342. The minimum Gasteiger partial charge on any atom is -1.00 e. The lowest BCUT2D eigenvalue weighted by Crippen LogP contribution is -3.00. The highest BCUT2D eigenvalue weighted by Gasteiger charge is 2.35. The Hall–Kier alpha value is -2.76. The average Bonchev–Trinajstić information content (AvgIpc) is 3.37. The zero-order chi connectivity index (χ0) is 24.1. The summed E-state index contributed by atoms with van der Waals surface area (Å²) in [5.74, 6) is -0.193. The minimum absolute atomic E-state index is 0. The number of nitrogens with one attached hydrogen (secondary N) is 2. The second-order valence-corrected chi connectivity index (χ2v) is 10.1. The second-order valence-electron chi connectivity index (χ2n) is 9.00. The predicted octanol–water partition coefficient (Wildman–Crippen LogP) is 0.563. The molecule has 35 heavy (non-hydrogen) atoms. The lowest BCUT2D eigenvalue weighted by molar-refractivity contribution is -0.912. The molecule has 1 aliphatic rings. The van der Waals surface area contributed by atoms with Gasteiger partial charge in [0.1, 0.15) is 11.1 Å². The van der Waals surface area contributed by atoms with Crippen molar-refractivity contribution >= 4 is 50.6 Å². The summed E-state index contributed by atoms with van der Waals surface area (Å²) in [5.41, 5.74) is 0.546. The average molecular weight is 565 g/mol. The Bertz CT molecular complexity index is 1170. The first-order chi connectivity index (χ1) is 16.4. The van der Waals surface area contributed by atoms with Crippen LogP contribution < -0.4 is 27.6 Å². The number of fused-ring (bicyclic) bond motifs is 1. The summed E-state index contributed by atoms with van der Waals surface area (Å²) in [6.07, 6.45) is 5.48. The van der Waals surface area contributed by atoms with Gasteiger partial charge < -0.3 is 41.5 Å². The molecule has 0 bridgehead atoms. The van der Waals surface area contributed by atoms with Crippen LogP contribution in [0.4, 0.5) is 11.5 Å². The summed E-state index contributed by atoms with van der Waals surface area (Å²) in [6.45, 7) is 1.82. The van der Waals surface area contributed by atoms with Crippen LogP contribution in [0.2, 0.25) is 0 Å². The molecule has 1 aliphatic heterocycles. The predicted molar refractivity (Wildman–Crippen MR) is 132 cm³/mol. The molecule has 0 radical (unpaired) electrons. The first-order valence-electron chi connectivity index (χ1n) is 11.5. The quantitative estimate of drug-likeness (QED) is 0.409. The van der Waals surface area contributed by atoms with E-state index < -0.39 is 0 Å². The molecule has 4 rings (SSSR count). The molecular formula is C24H30BrN5O4S. The molecule has 3 aromatic rings. The zero-order valence-electron chi connectivity index (χ0n) is 19.9. The van der Waals surface area contributed by atoms with Crippen molar-refractivity contribution in [2.45, 2.75) is 25.7 Å². The van der Waals surface area contributed by atoms with Crippen LogP contribution in [0.25, 0.3) is 10.1 Å². The Kier molecular flexibility index (Phi) is 9.03. The molecule has 188 valence electrons. The molecule has 9 nitrogen and oxygen atoms in total. The van der Waals surface area contributed by atoms with Gasteiger partial charge in [0, 0.05) is 30.2 Å². The highest BCUT2D eigenvalue weighted by atomic mass is 79.9. The van der Waals surface area contributed by atoms with Gasteiger partial charge in [-0.25, -0.2) is 0 Å². The summed E-state index contributed by atoms with van der Waals surface area (Å²) >= 11 is 1.37. The van der Waals surface area contributed by atoms with Gasteiger partial charge in [0.25, 0.3) is 17.7 Å². The number of carbonyl (C=O) groups excluding carboxylic acids is 3. The van der Waals surface area contributed by atoms with Crippen molar-refractivity contribution < 1.29 is 40.4 Å². The van der Waals surface area contributed by atoms with Crippen LogP contribution in [0.5, 0.6) is 0 Å². The Morgan fingerprint density at radius 1 is 1.00 bits per heavy atom. The standard InChI is InChI=1S/C24H29N5O4S.BrH/c1-28(2)24(32)23-22(17-9-5-6-10-18(17)34-23)26-21(31)16-29(12-7-3-4-8-13-29)15-20(30)25-19-11-14-33-27-19;/h5-6,9-11,14H,3-4,7-8,12-13,15-16H2,1-2H3,(H-,25,26,27,30,31,32);1H. The smallest absolute Gasteiger partial charge is 0.280 e. The van der Waals surface area contributed by atoms with E-state index in [4.69, 9.17) is 4.52 Å². The van der Waals surface area contributed by atoms with Crippen molar-refractivity contribution in [3.8, 4) is 0 Å². The number of aromatic nitrogens is 1. The van der Waals surface area contributed by atoms with Crippen LogP contribution in [0.3, 0.4) is 0 Å². The molecule has 11 heteroatoms. The number of nitrogens with zero attached hydrogens (tertiary/aromatic N) is 3. The summed E-state index contributed by atoms with van der Waals surface area (Å²) in [6, 6.07) is 9.25. The van der Waals surface area contributed by atoms with Gasteiger partial charge in [0.2, 0.25) is 0 Å². The largest absolute Gasteiger partial charge is 1.00 e. The lowest BCUT2D eigenvalue weighted by atomic mass is 10.2.